The Balaban J connectivity index is 1.57. The van der Waals surface area contributed by atoms with E-state index >= 15 is 0 Å². The van der Waals surface area contributed by atoms with E-state index in [2.05, 4.69) is 35.9 Å². The van der Waals surface area contributed by atoms with E-state index < -0.39 is 0 Å². The van der Waals surface area contributed by atoms with Gasteiger partial charge in [-0.3, -0.25) is 0 Å². The number of nitrogens with zero attached hydrogens (tertiary/aromatic N) is 2. The summed E-state index contributed by atoms with van der Waals surface area (Å²) in [5, 5.41) is 3.78. The van der Waals surface area contributed by atoms with Crippen molar-refractivity contribution in [1.29, 1.82) is 0 Å². The quantitative estimate of drug-likeness (QED) is 0.807. The average Bonchev–Trinajstić information content (AvgIpc) is 2.49. The molecule has 0 spiro atoms. The fourth-order valence-electron chi connectivity index (χ4n) is 3.67. The molecule has 118 valence electrons. The molecular weight excluding hydrogens is 246 g/mol. The van der Waals surface area contributed by atoms with Gasteiger partial charge in [-0.05, 0) is 77.2 Å². The normalized spacial score (nSPS) is 25.9. The third-order valence-corrected chi connectivity index (χ3v) is 5.56. The van der Waals surface area contributed by atoms with Gasteiger partial charge in [-0.1, -0.05) is 13.8 Å². The topological polar surface area (TPSA) is 18.5 Å². The first-order valence-corrected chi connectivity index (χ1v) is 8.87. The van der Waals surface area contributed by atoms with E-state index in [0.29, 0.717) is 6.04 Å². The van der Waals surface area contributed by atoms with Gasteiger partial charge in [0.2, 0.25) is 0 Å². The molecule has 0 aromatic heterocycles. The highest BCUT2D eigenvalue weighted by Crippen LogP contribution is 2.20. The molecular formula is C17H35N3. The van der Waals surface area contributed by atoms with Gasteiger partial charge in [0.25, 0.3) is 0 Å². The zero-order valence-corrected chi connectivity index (χ0v) is 13.9. The van der Waals surface area contributed by atoms with Crippen LogP contribution in [0, 0.1) is 11.8 Å². The first-order chi connectivity index (χ1) is 9.69. The molecule has 0 aromatic rings. The molecule has 0 aliphatic carbocycles. The summed E-state index contributed by atoms with van der Waals surface area (Å²) in [6.45, 7) is 15.9. The van der Waals surface area contributed by atoms with Gasteiger partial charge in [-0.15, -0.1) is 0 Å². The summed E-state index contributed by atoms with van der Waals surface area (Å²) in [6.07, 6.45) is 5.54. The van der Waals surface area contributed by atoms with E-state index in [1.807, 2.05) is 0 Å². The van der Waals surface area contributed by atoms with Gasteiger partial charge in [0.05, 0.1) is 0 Å². The summed E-state index contributed by atoms with van der Waals surface area (Å²) in [7, 11) is 0. The molecule has 0 bridgehead atoms. The van der Waals surface area contributed by atoms with Crippen molar-refractivity contribution >= 4 is 0 Å². The third-order valence-electron chi connectivity index (χ3n) is 5.56. The minimum absolute atomic E-state index is 0.692. The summed E-state index contributed by atoms with van der Waals surface area (Å²) in [4.78, 5) is 5.22. The van der Waals surface area contributed by atoms with Crippen LogP contribution in [-0.4, -0.2) is 61.7 Å². The molecule has 2 saturated heterocycles. The molecule has 2 heterocycles. The summed E-state index contributed by atoms with van der Waals surface area (Å²) in [5.74, 6) is 1.83. The van der Waals surface area contributed by atoms with Crippen LogP contribution in [0.4, 0.5) is 0 Å². The van der Waals surface area contributed by atoms with Crippen molar-refractivity contribution in [3.05, 3.63) is 0 Å². The van der Waals surface area contributed by atoms with Crippen molar-refractivity contribution in [3.8, 4) is 0 Å². The van der Waals surface area contributed by atoms with Crippen LogP contribution >= 0.6 is 0 Å². The highest BCUT2D eigenvalue weighted by molar-refractivity contribution is 4.79. The third kappa shape index (κ3) is 5.01. The molecule has 20 heavy (non-hydrogen) atoms. The van der Waals surface area contributed by atoms with Crippen molar-refractivity contribution < 1.29 is 0 Å². The molecule has 2 aliphatic rings. The van der Waals surface area contributed by atoms with Crippen molar-refractivity contribution in [1.82, 2.24) is 15.1 Å². The molecule has 2 rings (SSSR count). The number of hydrogen-bond donors (Lipinski definition) is 1. The van der Waals surface area contributed by atoms with Gasteiger partial charge >= 0.3 is 0 Å². The van der Waals surface area contributed by atoms with Gasteiger partial charge in [-0.2, -0.15) is 0 Å². The molecule has 3 heteroatoms. The molecule has 1 unspecified atom stereocenters. The molecule has 2 aliphatic heterocycles. The molecule has 0 radical (unpaired) electrons. The van der Waals surface area contributed by atoms with E-state index in [-0.39, 0.29) is 0 Å². The minimum atomic E-state index is 0.692. The standard InChI is InChI=1S/C17H35N3/c1-4-19-12-7-17(8-13-19)16(3)18-9-14-20-10-5-15(2)6-11-20/h15-18H,4-14H2,1-3H3. The maximum Gasteiger partial charge on any atom is 0.0107 e. The predicted molar refractivity (Wildman–Crippen MR) is 87.1 cm³/mol. The van der Waals surface area contributed by atoms with Crippen molar-refractivity contribution in [2.75, 3.05) is 45.8 Å². The Bertz CT molecular complexity index is 253. The largest absolute Gasteiger partial charge is 0.313 e. The first kappa shape index (κ1) is 16.3. The second-order valence-electron chi connectivity index (χ2n) is 7.04. The van der Waals surface area contributed by atoms with Crippen LogP contribution in [0.3, 0.4) is 0 Å². The number of likely N-dealkylation sites (tertiary alicyclic amines) is 2. The summed E-state index contributed by atoms with van der Waals surface area (Å²) < 4.78 is 0. The van der Waals surface area contributed by atoms with Gasteiger partial charge in [-0.25, -0.2) is 0 Å². The maximum absolute atomic E-state index is 3.78. The molecule has 0 saturated carbocycles. The van der Waals surface area contributed by atoms with Crippen LogP contribution in [-0.2, 0) is 0 Å². The summed E-state index contributed by atoms with van der Waals surface area (Å²) >= 11 is 0. The van der Waals surface area contributed by atoms with Gasteiger partial charge in [0.15, 0.2) is 0 Å². The van der Waals surface area contributed by atoms with Crippen LogP contribution in [0.25, 0.3) is 0 Å². The van der Waals surface area contributed by atoms with Gasteiger partial charge in [0.1, 0.15) is 0 Å². The molecule has 0 amide bonds. The zero-order chi connectivity index (χ0) is 14.4. The lowest BCUT2D eigenvalue weighted by molar-refractivity contribution is 0.160. The Morgan fingerprint density at radius 2 is 1.60 bits per heavy atom. The molecule has 0 aromatic carbocycles. The Labute approximate surface area is 126 Å². The predicted octanol–water partition coefficient (Wildman–Crippen LogP) is 2.43. The second-order valence-corrected chi connectivity index (χ2v) is 7.04. The van der Waals surface area contributed by atoms with Crippen LogP contribution in [0.1, 0.15) is 46.5 Å². The highest BCUT2D eigenvalue weighted by atomic mass is 15.1. The fourth-order valence-corrected chi connectivity index (χ4v) is 3.67. The smallest absolute Gasteiger partial charge is 0.0107 e. The number of piperidine rings is 2. The van der Waals surface area contributed by atoms with E-state index in [4.69, 9.17) is 0 Å². The lowest BCUT2D eigenvalue weighted by Crippen LogP contribution is -2.44. The number of rotatable bonds is 6. The second kappa shape index (κ2) is 8.35. The van der Waals surface area contributed by atoms with Crippen molar-refractivity contribution in [2.45, 2.75) is 52.5 Å². The fraction of sp³-hybridized carbons (Fsp3) is 1.00. The van der Waals surface area contributed by atoms with Gasteiger partial charge < -0.3 is 15.1 Å². The van der Waals surface area contributed by atoms with Crippen LogP contribution in [0.5, 0.6) is 0 Å². The average molecular weight is 281 g/mol. The van der Waals surface area contributed by atoms with E-state index in [1.165, 1.54) is 71.5 Å². The lowest BCUT2D eigenvalue weighted by Gasteiger charge is -2.35. The lowest BCUT2D eigenvalue weighted by atomic mass is 9.90. The Kier molecular flexibility index (Phi) is 6.79. The summed E-state index contributed by atoms with van der Waals surface area (Å²) in [5.41, 5.74) is 0. The van der Waals surface area contributed by atoms with Crippen molar-refractivity contribution in [3.63, 3.8) is 0 Å². The minimum Gasteiger partial charge on any atom is -0.313 e. The first-order valence-electron chi connectivity index (χ1n) is 8.87. The zero-order valence-electron chi connectivity index (χ0n) is 13.9. The van der Waals surface area contributed by atoms with Crippen LogP contribution < -0.4 is 5.32 Å². The SMILES string of the molecule is CCN1CCC(C(C)NCCN2CCC(C)CC2)CC1. The van der Waals surface area contributed by atoms with E-state index in [0.717, 1.165) is 11.8 Å². The molecule has 3 nitrogen and oxygen atoms in total. The Morgan fingerprint density at radius 3 is 2.20 bits per heavy atom. The molecule has 1 N–H and O–H groups in total. The van der Waals surface area contributed by atoms with E-state index in [1.54, 1.807) is 0 Å². The monoisotopic (exact) mass is 281 g/mol. The van der Waals surface area contributed by atoms with Crippen molar-refractivity contribution in [2.24, 2.45) is 11.8 Å². The molecule has 2 fully saturated rings. The highest BCUT2D eigenvalue weighted by Gasteiger charge is 2.23. The molecule has 1 atom stereocenters. The number of nitrogens with one attached hydrogen (secondary N) is 1. The Morgan fingerprint density at radius 1 is 1.00 bits per heavy atom. The Hall–Kier alpha value is -0.120. The van der Waals surface area contributed by atoms with Crippen LogP contribution in [0.15, 0.2) is 0 Å². The number of hydrogen-bond acceptors (Lipinski definition) is 3. The van der Waals surface area contributed by atoms with Gasteiger partial charge in [0, 0.05) is 19.1 Å². The van der Waals surface area contributed by atoms with E-state index in [9.17, 15) is 0 Å². The summed E-state index contributed by atoms with van der Waals surface area (Å²) in [6, 6.07) is 0.692. The maximum atomic E-state index is 3.78. The van der Waals surface area contributed by atoms with Crippen LogP contribution in [0.2, 0.25) is 0 Å².